The summed E-state index contributed by atoms with van der Waals surface area (Å²) in [6.45, 7) is 0.718. The molecule has 2 heterocycles. The predicted octanol–water partition coefficient (Wildman–Crippen LogP) is 3.65. The van der Waals surface area contributed by atoms with Gasteiger partial charge in [0.1, 0.15) is 5.82 Å². The van der Waals surface area contributed by atoms with Crippen LogP contribution < -0.4 is 5.73 Å². The molecule has 4 heteroatoms. The zero-order valence-electron chi connectivity index (χ0n) is 13.3. The lowest BCUT2D eigenvalue weighted by Crippen LogP contribution is -2.07. The van der Waals surface area contributed by atoms with Gasteiger partial charge in [0, 0.05) is 35.6 Å². The van der Waals surface area contributed by atoms with Gasteiger partial charge in [-0.1, -0.05) is 42.5 Å². The number of pyridine rings is 1. The van der Waals surface area contributed by atoms with Crippen LogP contribution in [0.25, 0.3) is 10.9 Å². The van der Waals surface area contributed by atoms with Gasteiger partial charge < -0.3 is 10.3 Å². The maximum atomic E-state index is 6.06. The van der Waals surface area contributed by atoms with E-state index < -0.39 is 0 Å². The van der Waals surface area contributed by atoms with Gasteiger partial charge >= 0.3 is 0 Å². The fourth-order valence-corrected chi connectivity index (χ4v) is 2.88. The van der Waals surface area contributed by atoms with Crippen molar-refractivity contribution in [3.8, 4) is 0 Å². The molecule has 24 heavy (non-hydrogen) atoms. The Balaban J connectivity index is 1.61. The summed E-state index contributed by atoms with van der Waals surface area (Å²) in [5.41, 5.74) is 9.99. The topological polar surface area (TPSA) is 56.7 Å². The minimum Gasteiger partial charge on any atom is -0.398 e. The Bertz CT molecular complexity index is 988. The molecule has 0 amide bonds. The largest absolute Gasteiger partial charge is 0.398 e. The summed E-state index contributed by atoms with van der Waals surface area (Å²) in [5.74, 6) is 0.987. The van der Waals surface area contributed by atoms with Crippen LogP contribution in [0.15, 0.2) is 73.1 Å². The van der Waals surface area contributed by atoms with E-state index in [1.807, 2.05) is 54.9 Å². The smallest absolute Gasteiger partial charge is 0.114 e. The van der Waals surface area contributed by atoms with Gasteiger partial charge in [0.2, 0.25) is 0 Å². The number of rotatable bonds is 4. The van der Waals surface area contributed by atoms with Crippen molar-refractivity contribution < 1.29 is 0 Å². The molecule has 0 radical (unpaired) electrons. The van der Waals surface area contributed by atoms with Crippen LogP contribution in [0.3, 0.4) is 0 Å². The van der Waals surface area contributed by atoms with Crippen LogP contribution in [0, 0.1) is 0 Å². The highest BCUT2D eigenvalue weighted by Gasteiger charge is 2.08. The molecule has 2 aromatic heterocycles. The summed E-state index contributed by atoms with van der Waals surface area (Å²) >= 11 is 0. The Hall–Kier alpha value is -3.14. The normalized spacial score (nSPS) is 11.0. The van der Waals surface area contributed by atoms with Gasteiger partial charge in [0.15, 0.2) is 0 Å². The van der Waals surface area contributed by atoms with Crippen LogP contribution in [-0.4, -0.2) is 14.5 Å². The minimum absolute atomic E-state index is 0.699. The maximum Gasteiger partial charge on any atom is 0.114 e. The SMILES string of the molecule is Nc1ccccc1Cn1ccnc1Cc1ccc2ccccc2n1. The summed E-state index contributed by atoms with van der Waals surface area (Å²) in [6.07, 6.45) is 4.52. The van der Waals surface area contributed by atoms with Crippen LogP contribution >= 0.6 is 0 Å². The van der Waals surface area contributed by atoms with Gasteiger partial charge in [-0.05, 0) is 23.8 Å². The highest BCUT2D eigenvalue weighted by molar-refractivity contribution is 5.78. The molecule has 0 saturated heterocycles. The Kier molecular flexibility index (Phi) is 3.71. The number of anilines is 1. The molecule has 0 atom stereocenters. The molecule has 0 unspecified atom stereocenters. The van der Waals surface area contributed by atoms with Gasteiger partial charge in [-0.2, -0.15) is 0 Å². The Morgan fingerprint density at radius 3 is 2.67 bits per heavy atom. The molecule has 2 aromatic carbocycles. The standard InChI is InChI=1S/C20H18N4/c21-18-7-3-1-6-16(18)14-24-12-11-22-20(24)13-17-10-9-15-5-2-4-8-19(15)23-17/h1-12H,13-14,21H2. The zero-order chi connectivity index (χ0) is 16.4. The molecule has 0 spiro atoms. The molecule has 0 aliphatic rings. The lowest BCUT2D eigenvalue weighted by Gasteiger charge is -2.10. The third-order valence-corrected chi connectivity index (χ3v) is 4.19. The Morgan fingerprint density at radius 2 is 1.75 bits per heavy atom. The highest BCUT2D eigenvalue weighted by atomic mass is 15.1. The molecule has 4 rings (SSSR count). The second kappa shape index (κ2) is 6.16. The van der Waals surface area contributed by atoms with E-state index in [1.54, 1.807) is 0 Å². The third kappa shape index (κ3) is 2.86. The van der Waals surface area contributed by atoms with Crippen LogP contribution in [0.4, 0.5) is 5.69 Å². The molecule has 0 aliphatic heterocycles. The predicted molar refractivity (Wildman–Crippen MR) is 96.7 cm³/mol. The number of nitrogens with two attached hydrogens (primary N) is 1. The molecular weight excluding hydrogens is 296 g/mol. The van der Waals surface area contributed by atoms with E-state index in [0.717, 1.165) is 40.2 Å². The van der Waals surface area contributed by atoms with Gasteiger partial charge in [-0.25, -0.2) is 4.98 Å². The maximum absolute atomic E-state index is 6.06. The first-order valence-electron chi connectivity index (χ1n) is 7.98. The summed E-state index contributed by atoms with van der Waals surface area (Å²) in [4.78, 5) is 9.24. The summed E-state index contributed by atoms with van der Waals surface area (Å²) in [5, 5.41) is 1.15. The van der Waals surface area contributed by atoms with Gasteiger partial charge in [0.25, 0.3) is 0 Å². The molecule has 0 saturated carbocycles. The molecule has 0 fully saturated rings. The van der Waals surface area contributed by atoms with Crippen molar-refractivity contribution >= 4 is 16.6 Å². The van der Waals surface area contributed by atoms with E-state index in [-0.39, 0.29) is 0 Å². The monoisotopic (exact) mass is 314 g/mol. The van der Waals surface area contributed by atoms with Crippen molar-refractivity contribution in [1.82, 2.24) is 14.5 Å². The first-order chi connectivity index (χ1) is 11.8. The number of hydrogen-bond acceptors (Lipinski definition) is 3. The highest BCUT2D eigenvalue weighted by Crippen LogP contribution is 2.16. The van der Waals surface area contributed by atoms with Crippen molar-refractivity contribution in [3.05, 3.63) is 90.1 Å². The number of fused-ring (bicyclic) bond motifs is 1. The minimum atomic E-state index is 0.699. The molecule has 0 bridgehead atoms. The van der Waals surface area contributed by atoms with Crippen LogP contribution in [0.5, 0.6) is 0 Å². The molecule has 118 valence electrons. The number of nitrogen functional groups attached to an aromatic ring is 1. The van der Waals surface area contributed by atoms with Crippen molar-refractivity contribution in [1.29, 1.82) is 0 Å². The van der Waals surface area contributed by atoms with E-state index in [1.165, 1.54) is 0 Å². The van der Waals surface area contributed by atoms with Gasteiger partial charge in [0.05, 0.1) is 12.1 Å². The van der Waals surface area contributed by atoms with Crippen LogP contribution in [0.1, 0.15) is 17.1 Å². The fourth-order valence-electron chi connectivity index (χ4n) is 2.88. The third-order valence-electron chi connectivity index (χ3n) is 4.19. The summed E-state index contributed by atoms with van der Waals surface area (Å²) in [6, 6.07) is 20.3. The average Bonchev–Trinajstić information content (AvgIpc) is 3.04. The second-order valence-corrected chi connectivity index (χ2v) is 5.84. The van der Waals surface area contributed by atoms with Crippen molar-refractivity contribution in [2.45, 2.75) is 13.0 Å². The van der Waals surface area contributed by atoms with E-state index in [4.69, 9.17) is 10.7 Å². The number of aromatic nitrogens is 3. The zero-order valence-corrected chi connectivity index (χ0v) is 13.3. The van der Waals surface area contributed by atoms with E-state index >= 15 is 0 Å². The summed E-state index contributed by atoms with van der Waals surface area (Å²) in [7, 11) is 0. The fraction of sp³-hybridized carbons (Fsp3) is 0.100. The lowest BCUT2D eigenvalue weighted by molar-refractivity contribution is 0.738. The molecule has 0 aliphatic carbocycles. The molecule has 4 nitrogen and oxygen atoms in total. The van der Waals surface area contributed by atoms with Gasteiger partial charge in [-0.3, -0.25) is 4.98 Å². The number of nitrogens with zero attached hydrogens (tertiary/aromatic N) is 3. The van der Waals surface area contributed by atoms with Gasteiger partial charge in [-0.15, -0.1) is 0 Å². The average molecular weight is 314 g/mol. The van der Waals surface area contributed by atoms with E-state index in [0.29, 0.717) is 6.42 Å². The molecule has 2 N–H and O–H groups in total. The quantitative estimate of drug-likeness (QED) is 0.585. The van der Waals surface area contributed by atoms with Crippen molar-refractivity contribution in [3.63, 3.8) is 0 Å². The molecular formula is C20H18N4. The second-order valence-electron chi connectivity index (χ2n) is 5.84. The molecule has 4 aromatic rings. The van der Waals surface area contributed by atoms with E-state index in [9.17, 15) is 0 Å². The Labute approximate surface area is 140 Å². The van der Waals surface area contributed by atoms with E-state index in [2.05, 4.69) is 27.8 Å². The lowest BCUT2D eigenvalue weighted by atomic mass is 10.1. The number of hydrogen-bond donors (Lipinski definition) is 1. The number of para-hydroxylation sites is 2. The van der Waals surface area contributed by atoms with Crippen LogP contribution in [-0.2, 0) is 13.0 Å². The van der Waals surface area contributed by atoms with Crippen molar-refractivity contribution in [2.24, 2.45) is 0 Å². The first-order valence-corrected chi connectivity index (χ1v) is 7.98. The Morgan fingerprint density at radius 1 is 0.917 bits per heavy atom. The first kappa shape index (κ1) is 14.5. The summed E-state index contributed by atoms with van der Waals surface area (Å²) < 4.78 is 2.13. The van der Waals surface area contributed by atoms with Crippen molar-refractivity contribution in [2.75, 3.05) is 5.73 Å². The number of benzene rings is 2. The van der Waals surface area contributed by atoms with Crippen LogP contribution in [0.2, 0.25) is 0 Å². The number of imidazole rings is 1.